The molecule has 0 saturated carbocycles. The van der Waals surface area contributed by atoms with Gasteiger partial charge in [0.1, 0.15) is 11.6 Å². The third-order valence-electron chi connectivity index (χ3n) is 7.63. The molecule has 0 spiro atoms. The number of fused-ring (bicyclic) bond motifs is 1. The zero-order valence-electron chi connectivity index (χ0n) is 22.9. The molecule has 220 valence electrons. The normalized spacial score (nSPS) is 17.7. The number of hydrogen-bond donors (Lipinski definition) is 1. The van der Waals surface area contributed by atoms with Gasteiger partial charge in [-0.2, -0.15) is 9.04 Å². The molecule has 1 unspecified atom stereocenters. The van der Waals surface area contributed by atoms with Gasteiger partial charge in [-0.3, -0.25) is 4.79 Å². The molecule has 43 heavy (non-hydrogen) atoms. The van der Waals surface area contributed by atoms with Gasteiger partial charge in [0.15, 0.2) is 6.20 Å². The summed E-state index contributed by atoms with van der Waals surface area (Å²) in [5.41, 5.74) is 2.05. The number of carbonyl (C=O) groups excluding carboxylic acids is 2. The molecule has 6 rings (SSSR count). The van der Waals surface area contributed by atoms with Gasteiger partial charge in [0.05, 0.1) is 12.1 Å². The summed E-state index contributed by atoms with van der Waals surface area (Å²) in [5.74, 6) is 1.98. The Balaban J connectivity index is 1.25. The molecule has 0 bridgehead atoms. The SMILES string of the molecule is C#Cc1ccc2[nH]c(S(=O)(=O)N3CCN(C(=O)c4ncc(-c5cccc[n+]5[O-])cn4)C(CCN4CCOC4=O)C3)cc2c1. The van der Waals surface area contributed by atoms with E-state index in [1.165, 1.54) is 27.8 Å². The molecule has 1 aromatic carbocycles. The van der Waals surface area contributed by atoms with Crippen molar-refractivity contribution in [3.63, 3.8) is 0 Å². The molecule has 2 amide bonds. The van der Waals surface area contributed by atoms with Gasteiger partial charge >= 0.3 is 6.09 Å². The maximum atomic E-state index is 13.7. The van der Waals surface area contributed by atoms with E-state index in [1.807, 2.05) is 0 Å². The Bertz CT molecular complexity index is 1850. The first kappa shape index (κ1) is 28.1. The van der Waals surface area contributed by atoms with Crippen molar-refractivity contribution in [1.29, 1.82) is 0 Å². The number of terminal acetylenes is 1. The van der Waals surface area contributed by atoms with Crippen LogP contribution in [-0.2, 0) is 14.8 Å². The topological polar surface area (TPSA) is 156 Å². The van der Waals surface area contributed by atoms with Crippen molar-refractivity contribution in [2.24, 2.45) is 0 Å². The summed E-state index contributed by atoms with van der Waals surface area (Å²) in [5, 5.41) is 12.8. The van der Waals surface area contributed by atoms with Crippen LogP contribution in [0.2, 0.25) is 0 Å². The van der Waals surface area contributed by atoms with E-state index in [1.54, 1.807) is 47.4 Å². The summed E-state index contributed by atoms with van der Waals surface area (Å²) in [4.78, 5) is 40.2. The number of ether oxygens (including phenoxy) is 1. The summed E-state index contributed by atoms with van der Waals surface area (Å²) in [6.07, 6.45) is 9.52. The highest BCUT2D eigenvalue weighted by molar-refractivity contribution is 7.89. The molecule has 2 saturated heterocycles. The molecule has 13 nitrogen and oxygen atoms in total. The molecule has 1 atom stereocenters. The lowest BCUT2D eigenvalue weighted by Crippen LogP contribution is -2.57. The van der Waals surface area contributed by atoms with Gasteiger partial charge < -0.3 is 24.7 Å². The predicted octanol–water partition coefficient (Wildman–Crippen LogP) is 1.60. The van der Waals surface area contributed by atoms with Crippen LogP contribution >= 0.6 is 0 Å². The van der Waals surface area contributed by atoms with Crippen molar-refractivity contribution in [1.82, 2.24) is 29.1 Å². The number of nitrogens with zero attached hydrogens (tertiary/aromatic N) is 6. The molecule has 0 radical (unpaired) electrons. The number of amides is 2. The quantitative estimate of drug-likeness (QED) is 0.190. The third-order valence-corrected chi connectivity index (χ3v) is 9.41. The van der Waals surface area contributed by atoms with Gasteiger partial charge in [0.25, 0.3) is 15.9 Å². The molecule has 2 aliphatic heterocycles. The number of benzene rings is 1. The zero-order chi connectivity index (χ0) is 30.1. The Morgan fingerprint density at radius 2 is 1.98 bits per heavy atom. The predicted molar refractivity (Wildman–Crippen MR) is 154 cm³/mol. The summed E-state index contributed by atoms with van der Waals surface area (Å²) in [6.45, 7) is 1.10. The third kappa shape index (κ3) is 5.47. The maximum absolute atomic E-state index is 13.7. The Hall–Kier alpha value is -5.00. The van der Waals surface area contributed by atoms with E-state index in [2.05, 4.69) is 20.9 Å². The highest BCUT2D eigenvalue weighted by Gasteiger charge is 2.38. The molecular formula is C29H27N7O6S. The maximum Gasteiger partial charge on any atom is 0.409 e. The fourth-order valence-corrected chi connectivity index (χ4v) is 6.80. The first-order chi connectivity index (χ1) is 20.7. The van der Waals surface area contributed by atoms with E-state index in [4.69, 9.17) is 11.2 Å². The number of rotatable bonds is 7. The second-order valence-electron chi connectivity index (χ2n) is 10.2. The van der Waals surface area contributed by atoms with E-state index < -0.39 is 28.1 Å². The second kappa shape index (κ2) is 11.3. The lowest BCUT2D eigenvalue weighted by atomic mass is 10.1. The molecule has 5 heterocycles. The Morgan fingerprint density at radius 1 is 1.16 bits per heavy atom. The van der Waals surface area contributed by atoms with E-state index in [0.29, 0.717) is 45.4 Å². The van der Waals surface area contributed by atoms with Gasteiger partial charge in [0, 0.05) is 73.2 Å². The van der Waals surface area contributed by atoms with Crippen LogP contribution in [0, 0.1) is 17.6 Å². The van der Waals surface area contributed by atoms with Crippen LogP contribution < -0.4 is 4.73 Å². The first-order valence-corrected chi connectivity index (χ1v) is 15.0. The fourth-order valence-electron chi connectivity index (χ4n) is 5.32. The van der Waals surface area contributed by atoms with E-state index in [-0.39, 0.29) is 43.6 Å². The number of H-pyrrole nitrogens is 1. The van der Waals surface area contributed by atoms with E-state index in [0.717, 1.165) is 0 Å². The van der Waals surface area contributed by atoms with Crippen LogP contribution in [-0.4, -0.2) is 94.8 Å². The van der Waals surface area contributed by atoms with E-state index >= 15 is 0 Å². The van der Waals surface area contributed by atoms with Gasteiger partial charge in [-0.25, -0.2) is 23.2 Å². The summed E-state index contributed by atoms with van der Waals surface area (Å²) < 4.78 is 34.5. The summed E-state index contributed by atoms with van der Waals surface area (Å²) in [6, 6.07) is 11.1. The molecule has 2 aliphatic rings. The zero-order valence-corrected chi connectivity index (χ0v) is 23.7. The number of cyclic esters (lactones) is 1. The number of aromatic nitrogens is 4. The lowest BCUT2D eigenvalue weighted by molar-refractivity contribution is -0.593. The second-order valence-corrected chi connectivity index (χ2v) is 12.1. The van der Waals surface area contributed by atoms with Crippen LogP contribution in [0.5, 0.6) is 0 Å². The molecule has 3 aromatic heterocycles. The molecule has 14 heteroatoms. The van der Waals surface area contributed by atoms with Gasteiger partial charge in [-0.1, -0.05) is 5.92 Å². The van der Waals surface area contributed by atoms with Crippen molar-refractivity contribution in [3.8, 4) is 23.6 Å². The van der Waals surface area contributed by atoms with Gasteiger partial charge in [-0.15, -0.1) is 6.42 Å². The van der Waals surface area contributed by atoms with Crippen LogP contribution in [0.1, 0.15) is 22.6 Å². The van der Waals surface area contributed by atoms with Gasteiger partial charge in [-0.05, 0) is 36.8 Å². The van der Waals surface area contributed by atoms with Crippen molar-refractivity contribution in [2.75, 3.05) is 39.3 Å². The van der Waals surface area contributed by atoms with Crippen molar-refractivity contribution < 1.29 is 27.5 Å². The monoisotopic (exact) mass is 601 g/mol. The number of pyridine rings is 1. The first-order valence-electron chi connectivity index (χ1n) is 13.6. The number of aromatic amines is 1. The lowest BCUT2D eigenvalue weighted by Gasteiger charge is -2.40. The van der Waals surface area contributed by atoms with Crippen LogP contribution in [0.4, 0.5) is 4.79 Å². The largest absolute Gasteiger partial charge is 0.618 e. The van der Waals surface area contributed by atoms with Crippen molar-refractivity contribution >= 4 is 32.9 Å². The minimum absolute atomic E-state index is 0.000211. The van der Waals surface area contributed by atoms with Crippen LogP contribution in [0.3, 0.4) is 0 Å². The van der Waals surface area contributed by atoms with Crippen LogP contribution in [0.15, 0.2) is 66.1 Å². The number of piperazine rings is 1. The standard InChI is InChI=1S/C29H27N7O6S/c1-2-20-6-7-24-21(15-20)16-26(32-24)43(40,41)34-11-12-35(23(19-34)8-10-33-13-14-42-29(33)38)28(37)27-30-17-22(18-31-27)25-5-3-4-9-36(25)39/h1,3-7,9,15-18,23,32H,8,10-14,19H2. The molecule has 1 N–H and O–H groups in total. The van der Waals surface area contributed by atoms with E-state index in [9.17, 15) is 23.2 Å². The Morgan fingerprint density at radius 3 is 2.70 bits per heavy atom. The summed E-state index contributed by atoms with van der Waals surface area (Å²) >= 11 is 0. The highest BCUT2D eigenvalue weighted by Crippen LogP contribution is 2.26. The number of carbonyl (C=O) groups is 2. The summed E-state index contributed by atoms with van der Waals surface area (Å²) in [7, 11) is -3.96. The minimum atomic E-state index is -3.96. The molecule has 4 aromatic rings. The average Bonchev–Trinajstić information content (AvgIpc) is 3.65. The average molecular weight is 602 g/mol. The fraction of sp³-hybridized carbons (Fsp3) is 0.276. The van der Waals surface area contributed by atoms with Crippen molar-refractivity contribution in [3.05, 3.63) is 77.7 Å². The Kier molecular flexibility index (Phi) is 7.43. The molecule has 0 aliphatic carbocycles. The highest BCUT2D eigenvalue weighted by atomic mass is 32.2. The van der Waals surface area contributed by atoms with Gasteiger partial charge in [0.2, 0.25) is 11.5 Å². The number of sulfonamides is 1. The minimum Gasteiger partial charge on any atom is -0.618 e. The smallest absolute Gasteiger partial charge is 0.409 e. The number of nitrogens with one attached hydrogen (secondary N) is 1. The van der Waals surface area contributed by atoms with Crippen LogP contribution in [0.25, 0.3) is 22.2 Å². The molecule has 2 fully saturated rings. The van der Waals surface area contributed by atoms with Crippen molar-refractivity contribution in [2.45, 2.75) is 17.5 Å². The number of hydrogen-bond acceptors (Lipinski definition) is 8. The molecular weight excluding hydrogens is 574 g/mol. The Labute approximate surface area is 247 Å².